The minimum absolute atomic E-state index is 0.0725. The molecule has 0 aliphatic heterocycles. The van der Waals surface area contributed by atoms with Crippen molar-refractivity contribution in [2.24, 2.45) is 5.92 Å². The van der Waals surface area contributed by atoms with Gasteiger partial charge in [-0.05, 0) is 41.9 Å². The minimum Gasteiger partial charge on any atom is -0.303 e. The van der Waals surface area contributed by atoms with Crippen LogP contribution in [0.5, 0.6) is 0 Å². The topological polar surface area (TPSA) is 34.9 Å². The lowest BCUT2D eigenvalue weighted by Crippen LogP contribution is -2.17. The highest BCUT2D eigenvalue weighted by Crippen LogP contribution is 2.31. The molecule has 1 saturated carbocycles. The number of carbonyl (C=O) groups is 1. The van der Waals surface area contributed by atoms with E-state index in [9.17, 15) is 4.79 Å². The summed E-state index contributed by atoms with van der Waals surface area (Å²) in [4.78, 5) is 10.6. The predicted molar refractivity (Wildman–Crippen MR) is 66.8 cm³/mol. The zero-order valence-electron chi connectivity index (χ0n) is 8.82. The van der Waals surface area contributed by atoms with Crippen molar-refractivity contribution >= 4 is 28.9 Å². The number of aromatic nitrogens is 2. The fourth-order valence-corrected chi connectivity index (χ4v) is 2.35. The van der Waals surface area contributed by atoms with Crippen LogP contribution >= 0.6 is 22.6 Å². The van der Waals surface area contributed by atoms with Gasteiger partial charge in [-0.1, -0.05) is 6.92 Å². The van der Waals surface area contributed by atoms with Crippen molar-refractivity contribution in [1.29, 1.82) is 0 Å². The molecular formula is C11H15IN2O. The van der Waals surface area contributed by atoms with Crippen LogP contribution in [-0.4, -0.2) is 16.1 Å². The van der Waals surface area contributed by atoms with Gasteiger partial charge in [-0.25, -0.2) is 0 Å². The molecule has 0 bridgehead atoms. The first-order chi connectivity index (χ1) is 7.20. The first-order valence-electron chi connectivity index (χ1n) is 5.39. The molecule has 0 spiro atoms. The largest absolute Gasteiger partial charge is 0.303 e. The summed E-state index contributed by atoms with van der Waals surface area (Å²) in [7, 11) is 0. The molecule has 4 heteroatoms. The summed E-state index contributed by atoms with van der Waals surface area (Å²) in [6, 6.07) is 0.610. The Kier molecular flexibility index (Phi) is 3.43. The number of aldehydes is 1. The van der Waals surface area contributed by atoms with Crippen LogP contribution in [0.15, 0.2) is 6.20 Å². The monoisotopic (exact) mass is 318 g/mol. The van der Waals surface area contributed by atoms with Crippen LogP contribution in [0.3, 0.4) is 0 Å². The van der Waals surface area contributed by atoms with E-state index < -0.39 is 0 Å². The third kappa shape index (κ3) is 2.41. The van der Waals surface area contributed by atoms with Gasteiger partial charge < -0.3 is 4.79 Å². The van der Waals surface area contributed by atoms with Gasteiger partial charge in [0.05, 0.1) is 15.3 Å². The van der Waals surface area contributed by atoms with Crippen molar-refractivity contribution in [2.45, 2.75) is 38.6 Å². The standard InChI is InChI=1S/C11H15IN2O/c1-8(7-15)5-11-10(12)6-14(13-11)9-3-2-4-9/h6-9H,2-5H2,1H3. The number of rotatable bonds is 4. The average molecular weight is 318 g/mol. The fraction of sp³-hybridized carbons (Fsp3) is 0.636. The Hall–Kier alpha value is -0.390. The summed E-state index contributed by atoms with van der Waals surface area (Å²) in [6.45, 7) is 1.94. The van der Waals surface area contributed by atoms with Gasteiger partial charge in [-0.3, -0.25) is 4.68 Å². The molecule has 1 atom stereocenters. The van der Waals surface area contributed by atoms with E-state index in [0.29, 0.717) is 6.04 Å². The lowest BCUT2D eigenvalue weighted by Gasteiger charge is -2.25. The van der Waals surface area contributed by atoms with Crippen molar-refractivity contribution in [2.75, 3.05) is 0 Å². The van der Waals surface area contributed by atoms with Gasteiger partial charge in [0, 0.05) is 18.5 Å². The fourth-order valence-electron chi connectivity index (χ4n) is 1.74. The SMILES string of the molecule is CC(C=O)Cc1nn(C2CCC2)cc1I. The van der Waals surface area contributed by atoms with Gasteiger partial charge in [0.1, 0.15) is 6.29 Å². The summed E-state index contributed by atoms with van der Waals surface area (Å²) in [5, 5.41) is 4.57. The van der Waals surface area contributed by atoms with Crippen molar-refractivity contribution in [3.63, 3.8) is 0 Å². The van der Waals surface area contributed by atoms with E-state index in [2.05, 4.69) is 38.6 Å². The van der Waals surface area contributed by atoms with Crippen molar-refractivity contribution in [1.82, 2.24) is 9.78 Å². The highest BCUT2D eigenvalue weighted by Gasteiger charge is 2.21. The lowest BCUT2D eigenvalue weighted by atomic mass is 9.93. The molecule has 1 aromatic rings. The second-order valence-electron chi connectivity index (χ2n) is 4.31. The van der Waals surface area contributed by atoms with Crippen LogP contribution in [0, 0.1) is 9.49 Å². The maximum Gasteiger partial charge on any atom is 0.123 e. The number of carbonyl (C=O) groups excluding carboxylic acids is 1. The second-order valence-corrected chi connectivity index (χ2v) is 5.47. The summed E-state index contributed by atoms with van der Waals surface area (Å²) in [5.41, 5.74) is 1.07. The molecule has 0 radical (unpaired) electrons. The Labute approximate surface area is 103 Å². The molecule has 1 aliphatic carbocycles. The van der Waals surface area contributed by atoms with Gasteiger partial charge in [-0.15, -0.1) is 0 Å². The molecule has 0 saturated heterocycles. The molecular weight excluding hydrogens is 303 g/mol. The van der Waals surface area contributed by atoms with E-state index in [1.807, 2.05) is 6.92 Å². The zero-order valence-corrected chi connectivity index (χ0v) is 11.0. The number of halogens is 1. The van der Waals surface area contributed by atoms with Crippen LogP contribution < -0.4 is 0 Å². The summed E-state index contributed by atoms with van der Waals surface area (Å²) < 4.78 is 3.27. The summed E-state index contributed by atoms with van der Waals surface area (Å²) >= 11 is 2.31. The molecule has 82 valence electrons. The van der Waals surface area contributed by atoms with E-state index >= 15 is 0 Å². The quantitative estimate of drug-likeness (QED) is 0.632. The van der Waals surface area contributed by atoms with Gasteiger partial charge in [0.15, 0.2) is 0 Å². The number of nitrogens with zero attached hydrogens (tertiary/aromatic N) is 2. The molecule has 1 heterocycles. The first-order valence-corrected chi connectivity index (χ1v) is 6.47. The van der Waals surface area contributed by atoms with Crippen molar-refractivity contribution in [3.8, 4) is 0 Å². The zero-order chi connectivity index (χ0) is 10.8. The third-order valence-electron chi connectivity index (χ3n) is 2.95. The van der Waals surface area contributed by atoms with Crippen LogP contribution in [0.25, 0.3) is 0 Å². The van der Waals surface area contributed by atoms with E-state index in [1.165, 1.54) is 22.8 Å². The van der Waals surface area contributed by atoms with Gasteiger partial charge in [0.25, 0.3) is 0 Å². The molecule has 3 nitrogen and oxygen atoms in total. The second kappa shape index (κ2) is 4.63. The highest BCUT2D eigenvalue weighted by atomic mass is 127. The van der Waals surface area contributed by atoms with E-state index in [4.69, 9.17) is 0 Å². The maximum absolute atomic E-state index is 10.6. The van der Waals surface area contributed by atoms with Crippen molar-refractivity contribution < 1.29 is 4.79 Å². The Bertz CT molecular complexity index is 357. The summed E-state index contributed by atoms with van der Waals surface area (Å²) in [5.74, 6) is 0.0725. The highest BCUT2D eigenvalue weighted by molar-refractivity contribution is 14.1. The van der Waals surface area contributed by atoms with Crippen LogP contribution in [-0.2, 0) is 11.2 Å². The Morgan fingerprint density at radius 3 is 3.00 bits per heavy atom. The van der Waals surface area contributed by atoms with Crippen molar-refractivity contribution in [3.05, 3.63) is 15.5 Å². The number of hydrogen-bond acceptors (Lipinski definition) is 2. The van der Waals surface area contributed by atoms with Crippen LogP contribution in [0.1, 0.15) is 37.9 Å². The predicted octanol–water partition coefficient (Wildman–Crippen LogP) is 2.59. The molecule has 1 aliphatic rings. The molecule has 0 N–H and O–H groups in total. The van der Waals surface area contributed by atoms with Gasteiger partial charge >= 0.3 is 0 Å². The Morgan fingerprint density at radius 2 is 2.47 bits per heavy atom. The van der Waals surface area contributed by atoms with Crippen LogP contribution in [0.4, 0.5) is 0 Å². The van der Waals surface area contributed by atoms with E-state index in [-0.39, 0.29) is 5.92 Å². The Morgan fingerprint density at radius 1 is 1.73 bits per heavy atom. The third-order valence-corrected chi connectivity index (χ3v) is 3.86. The van der Waals surface area contributed by atoms with E-state index in [1.54, 1.807) is 0 Å². The van der Waals surface area contributed by atoms with Crippen LogP contribution in [0.2, 0.25) is 0 Å². The molecule has 0 aromatic carbocycles. The average Bonchev–Trinajstić information content (AvgIpc) is 2.44. The molecule has 0 amide bonds. The normalized spacial score (nSPS) is 18.5. The molecule has 1 aromatic heterocycles. The molecule has 2 rings (SSSR count). The van der Waals surface area contributed by atoms with E-state index in [0.717, 1.165) is 18.4 Å². The molecule has 15 heavy (non-hydrogen) atoms. The molecule has 1 fully saturated rings. The maximum atomic E-state index is 10.6. The smallest absolute Gasteiger partial charge is 0.123 e. The van der Waals surface area contributed by atoms with Gasteiger partial charge in [-0.2, -0.15) is 5.10 Å². The minimum atomic E-state index is 0.0725. The Balaban J connectivity index is 2.10. The first kappa shape index (κ1) is 11.1. The summed E-state index contributed by atoms with van der Waals surface area (Å²) in [6.07, 6.45) is 7.69. The van der Waals surface area contributed by atoms with Gasteiger partial charge in [0.2, 0.25) is 0 Å². The molecule has 1 unspecified atom stereocenters. The number of hydrogen-bond donors (Lipinski definition) is 0. The lowest BCUT2D eigenvalue weighted by molar-refractivity contribution is -0.110.